The zero-order chi connectivity index (χ0) is 64.1. The predicted octanol–water partition coefficient (Wildman–Crippen LogP) is 25.2. The largest absolute Gasteiger partial charge is 0.756 e. The van der Waals surface area contributed by atoms with E-state index in [0.29, 0.717) is 23.9 Å². The van der Waals surface area contributed by atoms with Crippen molar-refractivity contribution in [3.05, 3.63) is 24.3 Å². The van der Waals surface area contributed by atoms with Crippen molar-refractivity contribution < 1.29 is 32.9 Å². The first-order valence-electron chi connectivity index (χ1n) is 39.7. The van der Waals surface area contributed by atoms with E-state index in [9.17, 15) is 19.4 Å². The van der Waals surface area contributed by atoms with Crippen molar-refractivity contribution in [3.63, 3.8) is 0 Å². The standard InChI is InChI=1S/C79H157N2O6P/c1-6-8-10-12-14-16-18-20-22-24-26-28-30-32-34-35-36-37-38-39-40-41-42-43-44-45-47-49-51-53-55-57-59-61-63-65-67-69-71-73-79(83)80-77(76-87-88(84,85)86-75-74-81(3,4)5)78(82)72-70-68-66-64-62-60-58-56-54-52-50-48-46-33-31-29-27-25-23-21-19-17-15-13-11-9-7-2/h18,20,24,26,77-78,82H,6-17,19,21-23,25,27-76H2,1-5H3,(H-,80,83,84,85)/b20-18-,26-24-. The van der Waals surface area contributed by atoms with Crippen LogP contribution >= 0.6 is 7.82 Å². The van der Waals surface area contributed by atoms with Crippen LogP contribution in [0.3, 0.4) is 0 Å². The van der Waals surface area contributed by atoms with Crippen LogP contribution in [0.25, 0.3) is 0 Å². The number of quaternary nitrogens is 1. The molecule has 2 N–H and O–H groups in total. The van der Waals surface area contributed by atoms with Gasteiger partial charge in [0.2, 0.25) is 5.91 Å². The van der Waals surface area contributed by atoms with Gasteiger partial charge < -0.3 is 28.8 Å². The number of hydrogen-bond donors (Lipinski definition) is 2. The molecule has 0 aliphatic rings. The third kappa shape index (κ3) is 72.4. The molecule has 1 amide bonds. The number of phosphoric acid groups is 1. The average molecular weight is 1260 g/mol. The number of phosphoric ester groups is 1. The summed E-state index contributed by atoms with van der Waals surface area (Å²) in [7, 11) is 1.33. The highest BCUT2D eigenvalue weighted by molar-refractivity contribution is 7.45. The number of hydrogen-bond acceptors (Lipinski definition) is 6. The second kappa shape index (κ2) is 70.3. The normalized spacial score (nSPS) is 13.6. The summed E-state index contributed by atoms with van der Waals surface area (Å²) in [5, 5.41) is 14.1. The molecule has 9 heteroatoms. The molecule has 0 bridgehead atoms. The van der Waals surface area contributed by atoms with Crippen molar-refractivity contribution in [1.29, 1.82) is 0 Å². The Balaban J connectivity index is 3.88. The van der Waals surface area contributed by atoms with E-state index < -0.39 is 20.0 Å². The van der Waals surface area contributed by atoms with Crippen molar-refractivity contribution in [2.24, 2.45) is 0 Å². The van der Waals surface area contributed by atoms with Crippen LogP contribution in [-0.2, 0) is 18.4 Å². The summed E-state index contributed by atoms with van der Waals surface area (Å²) in [5.41, 5.74) is 0. The summed E-state index contributed by atoms with van der Waals surface area (Å²) in [6.07, 6.45) is 93.0. The van der Waals surface area contributed by atoms with E-state index >= 15 is 0 Å². The number of rotatable bonds is 75. The van der Waals surface area contributed by atoms with Gasteiger partial charge in [-0.15, -0.1) is 0 Å². The Morgan fingerprint density at radius 2 is 0.659 bits per heavy atom. The Kier molecular flexibility index (Phi) is 69.5. The van der Waals surface area contributed by atoms with Crippen LogP contribution in [0.5, 0.6) is 0 Å². The van der Waals surface area contributed by atoms with Gasteiger partial charge in [-0.3, -0.25) is 9.36 Å². The molecule has 0 rings (SSSR count). The number of nitrogens with zero attached hydrogens (tertiary/aromatic N) is 1. The van der Waals surface area contributed by atoms with Gasteiger partial charge in [0.15, 0.2) is 0 Å². The zero-order valence-electron chi connectivity index (χ0n) is 60.2. The predicted molar refractivity (Wildman–Crippen MR) is 385 cm³/mol. The molecule has 0 heterocycles. The Morgan fingerprint density at radius 3 is 0.943 bits per heavy atom. The van der Waals surface area contributed by atoms with Gasteiger partial charge in [0.25, 0.3) is 7.82 Å². The number of likely N-dealkylation sites (N-methyl/N-ethyl adjacent to an activating group) is 1. The summed E-state index contributed by atoms with van der Waals surface area (Å²) in [6.45, 7) is 4.79. The number of amides is 1. The number of carbonyl (C=O) groups is 1. The fraction of sp³-hybridized carbons (Fsp3) is 0.937. The van der Waals surface area contributed by atoms with Crippen molar-refractivity contribution in [2.45, 2.75) is 437 Å². The summed E-state index contributed by atoms with van der Waals surface area (Å²) in [5.74, 6) is -0.154. The van der Waals surface area contributed by atoms with E-state index in [4.69, 9.17) is 9.05 Å². The van der Waals surface area contributed by atoms with Crippen LogP contribution in [0.2, 0.25) is 0 Å². The molecule has 0 aliphatic carbocycles. The SMILES string of the molecule is CCCCCCC/C=C\C/C=C\CCCCCCCCCCCCCCCCCCCCCCCCCCCCCC(=O)NC(COP(=O)([O-])OCC[N+](C)(C)C)C(O)CCCCCCCCCCCCCCCCCCCCCCCCCCCCC. The number of aliphatic hydroxyl groups is 1. The van der Waals surface area contributed by atoms with Gasteiger partial charge >= 0.3 is 0 Å². The van der Waals surface area contributed by atoms with E-state index in [1.54, 1.807) is 0 Å². The molecular weight excluding hydrogens is 1100 g/mol. The van der Waals surface area contributed by atoms with Crippen LogP contribution in [0.15, 0.2) is 24.3 Å². The first-order valence-corrected chi connectivity index (χ1v) is 41.1. The van der Waals surface area contributed by atoms with Crippen LogP contribution in [0.4, 0.5) is 0 Å². The summed E-state index contributed by atoms with van der Waals surface area (Å²) in [4.78, 5) is 25.7. The lowest BCUT2D eigenvalue weighted by Gasteiger charge is -2.30. The maximum absolute atomic E-state index is 13.1. The molecule has 0 aliphatic heterocycles. The second-order valence-electron chi connectivity index (χ2n) is 28.8. The smallest absolute Gasteiger partial charge is 0.268 e. The maximum Gasteiger partial charge on any atom is 0.268 e. The molecule has 8 nitrogen and oxygen atoms in total. The Bertz CT molecular complexity index is 1480. The third-order valence-corrected chi connectivity index (χ3v) is 19.7. The number of allylic oxidation sites excluding steroid dienone is 4. The fourth-order valence-electron chi connectivity index (χ4n) is 12.6. The number of nitrogens with one attached hydrogen (secondary N) is 1. The van der Waals surface area contributed by atoms with Crippen molar-refractivity contribution in [1.82, 2.24) is 5.32 Å². The van der Waals surface area contributed by atoms with Gasteiger partial charge in [-0.2, -0.15) is 0 Å². The summed E-state index contributed by atoms with van der Waals surface area (Å²) >= 11 is 0. The van der Waals surface area contributed by atoms with E-state index in [2.05, 4.69) is 43.5 Å². The number of carbonyl (C=O) groups excluding carboxylic acids is 1. The fourth-order valence-corrected chi connectivity index (χ4v) is 13.3. The third-order valence-electron chi connectivity index (χ3n) is 18.7. The highest BCUT2D eigenvalue weighted by Crippen LogP contribution is 2.38. The van der Waals surface area contributed by atoms with Crippen molar-refractivity contribution in [3.8, 4) is 0 Å². The van der Waals surface area contributed by atoms with Gasteiger partial charge in [-0.1, -0.05) is 398 Å². The minimum Gasteiger partial charge on any atom is -0.756 e. The molecule has 0 spiro atoms. The Hall–Kier alpha value is -1.02. The lowest BCUT2D eigenvalue weighted by Crippen LogP contribution is -2.46. The molecular formula is C79H157N2O6P. The average Bonchev–Trinajstić information content (AvgIpc) is 3.70. The van der Waals surface area contributed by atoms with Gasteiger partial charge in [0.05, 0.1) is 39.9 Å². The highest BCUT2D eigenvalue weighted by Gasteiger charge is 2.24. The van der Waals surface area contributed by atoms with Crippen molar-refractivity contribution >= 4 is 13.7 Å². The van der Waals surface area contributed by atoms with E-state index in [1.807, 2.05) is 21.1 Å². The summed E-state index contributed by atoms with van der Waals surface area (Å²) in [6, 6.07) is -0.799. The molecule has 0 saturated heterocycles. The number of aliphatic hydroxyl groups excluding tert-OH is 1. The van der Waals surface area contributed by atoms with Gasteiger partial charge in [0, 0.05) is 6.42 Å². The molecule has 3 unspecified atom stereocenters. The van der Waals surface area contributed by atoms with Gasteiger partial charge in [-0.25, -0.2) is 0 Å². The zero-order valence-corrected chi connectivity index (χ0v) is 61.1. The molecule has 0 aromatic carbocycles. The highest BCUT2D eigenvalue weighted by atomic mass is 31.2. The van der Waals surface area contributed by atoms with Gasteiger partial charge in [-0.05, 0) is 44.9 Å². The molecule has 0 radical (unpaired) electrons. The number of unbranched alkanes of at least 4 members (excludes halogenated alkanes) is 58. The second-order valence-corrected chi connectivity index (χ2v) is 30.2. The van der Waals surface area contributed by atoms with E-state index in [0.717, 1.165) is 44.9 Å². The van der Waals surface area contributed by atoms with Crippen LogP contribution in [0.1, 0.15) is 425 Å². The lowest BCUT2D eigenvalue weighted by molar-refractivity contribution is -0.870. The van der Waals surface area contributed by atoms with Gasteiger partial charge in [0.1, 0.15) is 13.2 Å². The van der Waals surface area contributed by atoms with E-state index in [-0.39, 0.29) is 19.1 Å². The maximum atomic E-state index is 13.1. The lowest BCUT2D eigenvalue weighted by atomic mass is 10.0. The first kappa shape index (κ1) is 87.0. The van der Waals surface area contributed by atoms with Crippen molar-refractivity contribution in [2.75, 3.05) is 40.9 Å². The Labute approximate surface area is 551 Å². The molecule has 0 aromatic heterocycles. The van der Waals surface area contributed by atoms with Crippen LogP contribution in [0, 0.1) is 0 Å². The monoisotopic (exact) mass is 1260 g/mol. The summed E-state index contributed by atoms with van der Waals surface area (Å²) < 4.78 is 23.6. The molecule has 3 atom stereocenters. The Morgan fingerprint density at radius 1 is 0.398 bits per heavy atom. The minimum absolute atomic E-state index is 0.0159. The quantitative estimate of drug-likeness (QED) is 0.0272. The molecule has 0 aromatic rings. The van der Waals surface area contributed by atoms with Crippen LogP contribution < -0.4 is 10.2 Å². The molecule has 0 fully saturated rings. The van der Waals surface area contributed by atoms with E-state index in [1.165, 1.54) is 353 Å². The molecule has 524 valence electrons. The molecule has 0 saturated carbocycles. The minimum atomic E-state index is -4.58. The first-order chi connectivity index (χ1) is 43.0. The van der Waals surface area contributed by atoms with Crippen LogP contribution in [-0.4, -0.2) is 68.5 Å². The topological polar surface area (TPSA) is 108 Å². The molecule has 88 heavy (non-hydrogen) atoms.